The van der Waals surface area contributed by atoms with Crippen LogP contribution in [-0.2, 0) is 0 Å². The van der Waals surface area contributed by atoms with Gasteiger partial charge in [0.15, 0.2) is 5.76 Å². The van der Waals surface area contributed by atoms with Gasteiger partial charge in [-0.2, -0.15) is 5.10 Å². The third-order valence-corrected chi connectivity index (χ3v) is 3.98. The second kappa shape index (κ2) is 5.85. The summed E-state index contributed by atoms with van der Waals surface area (Å²) in [5, 5.41) is 17.2. The van der Waals surface area contributed by atoms with Gasteiger partial charge in [0.1, 0.15) is 10.6 Å². The minimum absolute atomic E-state index is 0.102. The highest BCUT2D eigenvalue weighted by Crippen LogP contribution is 2.29. The van der Waals surface area contributed by atoms with Crippen molar-refractivity contribution in [2.45, 2.75) is 0 Å². The first-order valence-electron chi connectivity index (χ1n) is 7.66. The molecule has 0 atom stereocenters. The highest BCUT2D eigenvalue weighted by atomic mass is 16.6. The van der Waals surface area contributed by atoms with E-state index in [1.54, 1.807) is 0 Å². The number of hydrogen-bond acceptors (Lipinski definition) is 5. The lowest BCUT2D eigenvalue weighted by Crippen LogP contribution is -2.11. The van der Waals surface area contributed by atoms with Crippen LogP contribution in [0.5, 0.6) is 0 Å². The maximum Gasteiger partial charge on any atom is 0.433 e. The van der Waals surface area contributed by atoms with Crippen molar-refractivity contribution in [3.63, 3.8) is 0 Å². The topological polar surface area (TPSA) is 117 Å². The second-order valence-electron chi connectivity index (χ2n) is 5.63. The normalized spacial score (nSPS) is 10.9. The first-order chi connectivity index (χ1) is 12.5. The summed E-state index contributed by atoms with van der Waals surface area (Å²) in [6.07, 6.45) is 1.48. The first-order valence-corrected chi connectivity index (χ1v) is 7.66. The van der Waals surface area contributed by atoms with Crippen LogP contribution in [-0.4, -0.2) is 20.6 Å². The van der Waals surface area contributed by atoms with Crippen molar-refractivity contribution < 1.29 is 14.1 Å². The highest BCUT2D eigenvalue weighted by Gasteiger charge is 2.22. The van der Waals surface area contributed by atoms with Crippen LogP contribution in [0.2, 0.25) is 0 Å². The van der Waals surface area contributed by atoms with Crippen molar-refractivity contribution in [3.8, 4) is 17.1 Å². The van der Waals surface area contributed by atoms with E-state index in [0.29, 0.717) is 0 Å². The Bertz CT molecular complexity index is 1160. The Hall–Kier alpha value is -3.94. The molecule has 2 N–H and O–H groups in total. The Kier molecular flexibility index (Phi) is 3.51. The minimum Gasteiger partial charge on any atom is -0.399 e. The maximum atomic E-state index is 11.8. The molecule has 4 aromatic rings. The molecule has 2 aromatic heterocycles. The van der Waals surface area contributed by atoms with E-state index in [2.05, 4.69) is 5.10 Å². The van der Waals surface area contributed by atoms with Crippen molar-refractivity contribution in [2.75, 3.05) is 0 Å². The van der Waals surface area contributed by atoms with Crippen molar-refractivity contribution >= 4 is 22.6 Å². The van der Waals surface area contributed by atoms with E-state index in [1.807, 2.05) is 42.5 Å². The number of aromatic nitrogens is 2. The van der Waals surface area contributed by atoms with Crippen molar-refractivity contribution in [1.82, 2.24) is 9.78 Å². The van der Waals surface area contributed by atoms with Crippen LogP contribution in [0, 0.1) is 10.1 Å². The Labute approximate surface area is 146 Å². The Morgan fingerprint density at radius 1 is 1.12 bits per heavy atom. The number of rotatable bonds is 4. The molecule has 0 spiro atoms. The van der Waals surface area contributed by atoms with Gasteiger partial charge in [0, 0.05) is 6.20 Å². The summed E-state index contributed by atoms with van der Waals surface area (Å²) < 4.78 is 6.65. The van der Waals surface area contributed by atoms with Crippen molar-refractivity contribution in [1.29, 1.82) is 0 Å². The minimum atomic E-state index is -0.703. The monoisotopic (exact) mass is 348 g/mol. The Morgan fingerprint density at radius 3 is 2.58 bits per heavy atom. The number of primary amides is 1. The van der Waals surface area contributed by atoms with Crippen LogP contribution in [0.3, 0.4) is 0 Å². The lowest BCUT2D eigenvalue weighted by molar-refractivity contribution is -0.401. The summed E-state index contributed by atoms with van der Waals surface area (Å²) >= 11 is 0. The van der Waals surface area contributed by atoms with Gasteiger partial charge in [-0.1, -0.05) is 30.3 Å². The van der Waals surface area contributed by atoms with E-state index < -0.39 is 16.7 Å². The van der Waals surface area contributed by atoms with Crippen LogP contribution in [0.25, 0.3) is 27.9 Å². The zero-order valence-electron chi connectivity index (χ0n) is 13.3. The predicted octanol–water partition coefficient (Wildman–Crippen LogP) is 3.29. The lowest BCUT2D eigenvalue weighted by Gasteiger charge is -2.03. The van der Waals surface area contributed by atoms with Gasteiger partial charge < -0.3 is 10.2 Å². The molecule has 0 radical (unpaired) electrons. The first kappa shape index (κ1) is 15.6. The highest BCUT2D eigenvalue weighted by molar-refractivity contribution is 5.98. The number of benzene rings is 2. The molecule has 0 aliphatic heterocycles. The average molecular weight is 348 g/mol. The van der Waals surface area contributed by atoms with Crippen molar-refractivity contribution in [3.05, 3.63) is 76.5 Å². The summed E-state index contributed by atoms with van der Waals surface area (Å²) in [5.41, 5.74) is 6.42. The average Bonchev–Trinajstić information content (AvgIpc) is 3.28. The van der Waals surface area contributed by atoms with Gasteiger partial charge in [-0.05, 0) is 29.0 Å². The number of nitrogens with zero attached hydrogens (tertiary/aromatic N) is 3. The Morgan fingerprint density at radius 2 is 1.88 bits per heavy atom. The van der Waals surface area contributed by atoms with E-state index in [1.165, 1.54) is 23.0 Å². The van der Waals surface area contributed by atoms with Gasteiger partial charge in [-0.3, -0.25) is 14.9 Å². The molecule has 8 heteroatoms. The summed E-state index contributed by atoms with van der Waals surface area (Å²) in [6, 6.07) is 16.1. The molecule has 0 aliphatic rings. The van der Waals surface area contributed by atoms with Gasteiger partial charge in [-0.25, -0.2) is 4.68 Å². The summed E-state index contributed by atoms with van der Waals surface area (Å²) in [4.78, 5) is 21.9. The fraction of sp³-hybridized carbons (Fsp3) is 0. The standard InChI is InChI=1S/C18H12N4O4/c19-18(23)14-10-21(13-6-5-11-3-1-2-4-12(11)9-13)20-17(14)15-7-8-16(26-15)22(24)25/h1-10H,(H2,19,23). The van der Waals surface area contributed by atoms with Crippen molar-refractivity contribution in [2.24, 2.45) is 5.73 Å². The molecule has 0 saturated carbocycles. The molecule has 0 saturated heterocycles. The summed E-state index contributed by atoms with van der Waals surface area (Å²) in [5.74, 6) is -1.04. The molecular formula is C18H12N4O4. The van der Waals surface area contributed by atoms with Crippen LogP contribution in [0.4, 0.5) is 5.88 Å². The molecule has 0 bridgehead atoms. The molecule has 128 valence electrons. The van der Waals surface area contributed by atoms with Crippen LogP contribution in [0.1, 0.15) is 10.4 Å². The number of fused-ring (bicyclic) bond motifs is 1. The van der Waals surface area contributed by atoms with E-state index in [0.717, 1.165) is 16.5 Å². The fourth-order valence-electron chi connectivity index (χ4n) is 2.74. The molecule has 0 fully saturated rings. The zero-order chi connectivity index (χ0) is 18.3. The molecule has 0 aliphatic carbocycles. The summed E-state index contributed by atoms with van der Waals surface area (Å²) in [7, 11) is 0. The van der Waals surface area contributed by atoms with E-state index >= 15 is 0 Å². The van der Waals surface area contributed by atoms with E-state index in [4.69, 9.17) is 10.2 Å². The SMILES string of the molecule is NC(=O)c1cn(-c2ccc3ccccc3c2)nc1-c1ccc([N+](=O)[O-])o1. The third-order valence-electron chi connectivity index (χ3n) is 3.98. The number of furan rings is 1. The lowest BCUT2D eigenvalue weighted by atomic mass is 10.1. The fourth-order valence-corrected chi connectivity index (χ4v) is 2.74. The van der Waals surface area contributed by atoms with Crippen LogP contribution < -0.4 is 5.73 Å². The van der Waals surface area contributed by atoms with Crippen LogP contribution >= 0.6 is 0 Å². The van der Waals surface area contributed by atoms with E-state index in [9.17, 15) is 14.9 Å². The van der Waals surface area contributed by atoms with Crippen LogP contribution in [0.15, 0.2) is 65.2 Å². The number of nitro groups is 1. The number of nitrogens with two attached hydrogens (primary N) is 1. The molecule has 2 heterocycles. The largest absolute Gasteiger partial charge is 0.433 e. The molecule has 1 amide bonds. The zero-order valence-corrected chi connectivity index (χ0v) is 13.3. The molecule has 8 nitrogen and oxygen atoms in total. The predicted molar refractivity (Wildman–Crippen MR) is 93.9 cm³/mol. The molecule has 2 aromatic carbocycles. The van der Waals surface area contributed by atoms with Gasteiger partial charge in [0.2, 0.25) is 0 Å². The second-order valence-corrected chi connectivity index (χ2v) is 5.63. The number of carbonyl (C=O) groups excluding carboxylic acids is 1. The molecule has 26 heavy (non-hydrogen) atoms. The molecular weight excluding hydrogens is 336 g/mol. The van der Waals surface area contributed by atoms with Gasteiger partial charge >= 0.3 is 5.88 Å². The van der Waals surface area contributed by atoms with E-state index in [-0.39, 0.29) is 17.0 Å². The van der Waals surface area contributed by atoms with Gasteiger partial charge in [0.05, 0.1) is 17.3 Å². The van der Waals surface area contributed by atoms with Gasteiger partial charge in [-0.15, -0.1) is 0 Å². The third kappa shape index (κ3) is 2.59. The molecule has 0 unspecified atom stereocenters. The quantitative estimate of drug-likeness (QED) is 0.448. The maximum absolute atomic E-state index is 11.8. The molecule has 4 rings (SSSR count). The number of hydrogen-bond donors (Lipinski definition) is 1. The smallest absolute Gasteiger partial charge is 0.399 e. The summed E-state index contributed by atoms with van der Waals surface area (Å²) in [6.45, 7) is 0. The van der Waals surface area contributed by atoms with Gasteiger partial charge in [0.25, 0.3) is 5.91 Å². The number of carbonyl (C=O) groups is 1. The number of amides is 1. The Balaban J connectivity index is 1.84.